The van der Waals surface area contributed by atoms with E-state index in [9.17, 15) is 18.0 Å². The van der Waals surface area contributed by atoms with Crippen LogP contribution in [-0.2, 0) is 6.18 Å². The molecule has 8 rings (SSSR count). The fourth-order valence-corrected chi connectivity index (χ4v) is 6.45. The summed E-state index contributed by atoms with van der Waals surface area (Å²) in [5.74, 6) is -0.0366. The predicted molar refractivity (Wildman–Crippen MR) is 150 cm³/mol. The van der Waals surface area contributed by atoms with E-state index in [2.05, 4.69) is 25.5 Å². The summed E-state index contributed by atoms with van der Waals surface area (Å²) in [5, 5.41) is 15.3. The number of nitrogens with one attached hydrogen (secondary N) is 1. The highest BCUT2D eigenvalue weighted by molar-refractivity contribution is 6.31. The van der Waals surface area contributed by atoms with E-state index in [1.54, 1.807) is 4.57 Å². The van der Waals surface area contributed by atoms with Gasteiger partial charge in [-0.2, -0.15) is 22.7 Å². The summed E-state index contributed by atoms with van der Waals surface area (Å²) in [7, 11) is 0. The summed E-state index contributed by atoms with van der Waals surface area (Å²) in [6.45, 7) is 1.91. The van der Waals surface area contributed by atoms with Gasteiger partial charge in [-0.25, -0.2) is 14.7 Å². The maximum Gasteiger partial charge on any atom is 0.436 e. The van der Waals surface area contributed by atoms with E-state index < -0.39 is 23.9 Å². The highest BCUT2D eigenvalue weighted by Crippen LogP contribution is 2.60. The highest BCUT2D eigenvalue weighted by atomic mass is 35.5. The lowest BCUT2D eigenvalue weighted by Crippen LogP contribution is -2.30. The summed E-state index contributed by atoms with van der Waals surface area (Å²) < 4.78 is 57.4. The molecule has 43 heavy (non-hydrogen) atoms. The number of halogens is 5. The molecule has 3 atom stereocenters. The van der Waals surface area contributed by atoms with Crippen molar-refractivity contribution in [2.24, 2.45) is 10.9 Å². The Hall–Kier alpha value is -4.65. The zero-order valence-corrected chi connectivity index (χ0v) is 22.9. The van der Waals surface area contributed by atoms with Crippen molar-refractivity contribution in [3.63, 3.8) is 0 Å². The molecule has 3 aromatic heterocycles. The van der Waals surface area contributed by atoms with Crippen LogP contribution in [-0.4, -0.2) is 40.5 Å². The van der Waals surface area contributed by atoms with Crippen molar-refractivity contribution in [3.8, 4) is 16.9 Å². The molecule has 2 aliphatic heterocycles. The fraction of sp³-hybridized carbons (Fsp3) is 0.241. The number of alkyl halides is 3. The lowest BCUT2D eigenvalue weighted by molar-refractivity contribution is -0.141. The minimum Gasteiger partial charge on any atom is -0.287 e. The molecule has 5 aromatic rings. The molecule has 0 saturated heterocycles. The first-order valence-corrected chi connectivity index (χ1v) is 13.8. The summed E-state index contributed by atoms with van der Waals surface area (Å²) in [5.41, 5.74) is 2.59. The fourth-order valence-electron chi connectivity index (χ4n) is 6.27. The monoisotopic (exact) mass is 606 g/mol. The van der Waals surface area contributed by atoms with Crippen LogP contribution in [0.2, 0.25) is 5.02 Å². The second kappa shape index (κ2) is 8.93. The molecule has 1 saturated carbocycles. The number of aromatic amines is 1. The van der Waals surface area contributed by atoms with Gasteiger partial charge in [-0.15, -0.1) is 5.10 Å². The van der Waals surface area contributed by atoms with Gasteiger partial charge >= 0.3 is 6.18 Å². The third-order valence-corrected chi connectivity index (χ3v) is 8.62. The van der Waals surface area contributed by atoms with Crippen molar-refractivity contribution >= 4 is 33.8 Å². The van der Waals surface area contributed by atoms with Crippen LogP contribution in [0.1, 0.15) is 47.6 Å². The van der Waals surface area contributed by atoms with E-state index in [0.29, 0.717) is 33.3 Å². The smallest absolute Gasteiger partial charge is 0.287 e. The molecule has 5 heterocycles. The average Bonchev–Trinajstić information content (AvgIpc) is 3.31. The van der Waals surface area contributed by atoms with E-state index >= 15 is 4.39 Å². The van der Waals surface area contributed by atoms with Crippen molar-refractivity contribution < 1.29 is 17.6 Å². The van der Waals surface area contributed by atoms with E-state index in [1.165, 1.54) is 24.3 Å². The van der Waals surface area contributed by atoms with Gasteiger partial charge in [0.1, 0.15) is 5.82 Å². The van der Waals surface area contributed by atoms with E-state index in [1.807, 2.05) is 25.1 Å². The van der Waals surface area contributed by atoms with Crippen LogP contribution < -0.4 is 5.56 Å². The Labute approximate surface area is 244 Å². The number of nitrogens with zero attached hydrogens (tertiary/aromatic N) is 7. The minimum absolute atomic E-state index is 0.0262. The Bertz CT molecular complexity index is 2120. The first kappa shape index (κ1) is 26.0. The molecule has 3 aliphatic rings. The van der Waals surface area contributed by atoms with E-state index in [-0.39, 0.29) is 35.2 Å². The van der Waals surface area contributed by atoms with Gasteiger partial charge in [0, 0.05) is 51.4 Å². The topological polar surface area (TPSA) is 107 Å². The summed E-state index contributed by atoms with van der Waals surface area (Å²) in [6, 6.07) is 10.9. The van der Waals surface area contributed by atoms with Gasteiger partial charge in [-0.1, -0.05) is 28.9 Å². The standard InChI is InChI=1S/C29H19ClF4N8O/c1-12-15-4-2-13(6-21(15)38-37-12)16-9-22(35-27(16)31)26-17-8-18(17)28-36-20(10-25(43)42(26)28)19-7-14(30)3-5-23(19)41-11-24(39-40-41)29(32,33)34/h2-7,10-11,17-18,26H,8-9H2,1H3,(H,37,38). The average molecular weight is 607 g/mol. The number of hydrogen-bond donors (Lipinski definition) is 1. The summed E-state index contributed by atoms with van der Waals surface area (Å²) in [6.07, 6.45) is -2.90. The lowest BCUT2D eigenvalue weighted by atomic mass is 9.97. The second-order valence-electron chi connectivity index (χ2n) is 11.0. The molecule has 14 heteroatoms. The molecule has 0 amide bonds. The molecule has 3 unspecified atom stereocenters. The molecule has 0 spiro atoms. The van der Waals surface area contributed by atoms with E-state index in [0.717, 1.165) is 33.9 Å². The molecular formula is C29H19ClF4N8O. The molecule has 9 nitrogen and oxygen atoms in total. The van der Waals surface area contributed by atoms with Gasteiger partial charge in [-0.05, 0) is 49.1 Å². The highest BCUT2D eigenvalue weighted by Gasteiger charge is 2.56. The Morgan fingerprint density at radius 3 is 2.74 bits per heavy atom. The second-order valence-corrected chi connectivity index (χ2v) is 11.4. The van der Waals surface area contributed by atoms with Gasteiger partial charge in [0.05, 0.1) is 29.1 Å². The third kappa shape index (κ3) is 4.05. The first-order chi connectivity index (χ1) is 20.6. The molecule has 0 radical (unpaired) electrons. The Morgan fingerprint density at radius 1 is 1.12 bits per heavy atom. The summed E-state index contributed by atoms with van der Waals surface area (Å²) >= 11 is 6.25. The molecule has 216 valence electrons. The number of aromatic nitrogens is 7. The van der Waals surface area contributed by atoms with Crippen LogP contribution in [0.15, 0.2) is 64.4 Å². The van der Waals surface area contributed by atoms with Gasteiger partial charge < -0.3 is 0 Å². The SMILES string of the molecule is Cc1[nH]nc2cc(C3=C(F)N=C(C4C5CC5c5nc(-c6cc(Cl)ccc6-n6cc(C(F)(F)F)nn6)cc(=O)n54)C3)ccc12. The van der Waals surface area contributed by atoms with Crippen LogP contribution in [0.5, 0.6) is 0 Å². The maximum atomic E-state index is 15.3. The number of benzene rings is 2. The molecule has 1 aliphatic carbocycles. The Balaban J connectivity index is 1.14. The van der Waals surface area contributed by atoms with Crippen molar-refractivity contribution in [1.29, 1.82) is 0 Å². The number of aliphatic imine (C=N–C) groups is 1. The number of aryl methyl sites for hydroxylation is 1. The minimum atomic E-state index is -4.67. The summed E-state index contributed by atoms with van der Waals surface area (Å²) in [4.78, 5) is 22.7. The van der Waals surface area contributed by atoms with Gasteiger partial charge in [0.2, 0.25) is 5.95 Å². The zero-order chi connectivity index (χ0) is 29.8. The van der Waals surface area contributed by atoms with Crippen LogP contribution in [0.4, 0.5) is 17.6 Å². The largest absolute Gasteiger partial charge is 0.436 e. The number of rotatable bonds is 4. The van der Waals surface area contributed by atoms with Crippen molar-refractivity contribution in [2.75, 3.05) is 0 Å². The van der Waals surface area contributed by atoms with Gasteiger partial charge in [-0.3, -0.25) is 14.5 Å². The van der Waals surface area contributed by atoms with Crippen LogP contribution >= 0.6 is 11.6 Å². The number of fused-ring (bicyclic) bond motifs is 4. The Morgan fingerprint density at radius 2 is 1.95 bits per heavy atom. The molecule has 2 aromatic carbocycles. The van der Waals surface area contributed by atoms with Gasteiger partial charge in [0.15, 0.2) is 5.69 Å². The van der Waals surface area contributed by atoms with Gasteiger partial charge in [0.25, 0.3) is 5.56 Å². The quantitative estimate of drug-likeness (QED) is 0.194. The molecule has 1 N–H and O–H groups in total. The molecule has 1 fully saturated rings. The normalized spacial score (nSPS) is 21.0. The maximum absolute atomic E-state index is 15.3. The Kier molecular flexibility index (Phi) is 5.40. The van der Waals surface area contributed by atoms with E-state index in [4.69, 9.17) is 16.6 Å². The number of allylic oxidation sites excluding steroid dienone is 1. The van der Waals surface area contributed by atoms with Crippen molar-refractivity contribution in [1.82, 2.24) is 34.7 Å². The van der Waals surface area contributed by atoms with Crippen LogP contribution in [0.3, 0.4) is 0 Å². The van der Waals surface area contributed by atoms with Crippen molar-refractivity contribution in [2.45, 2.75) is 37.9 Å². The molecule has 0 bridgehead atoms. The first-order valence-electron chi connectivity index (χ1n) is 13.4. The molecular weight excluding hydrogens is 588 g/mol. The number of hydrogen-bond acceptors (Lipinski definition) is 6. The third-order valence-electron chi connectivity index (χ3n) is 8.38. The predicted octanol–water partition coefficient (Wildman–Crippen LogP) is 6.19. The number of H-pyrrole nitrogens is 1. The van der Waals surface area contributed by atoms with Crippen LogP contribution in [0, 0.1) is 12.8 Å². The lowest BCUT2D eigenvalue weighted by Gasteiger charge is -2.19. The van der Waals surface area contributed by atoms with Crippen LogP contribution in [0.25, 0.3) is 33.4 Å². The zero-order valence-electron chi connectivity index (χ0n) is 22.2. The van der Waals surface area contributed by atoms with Crippen molar-refractivity contribution in [3.05, 3.63) is 92.8 Å².